The summed E-state index contributed by atoms with van der Waals surface area (Å²) in [6.45, 7) is 0. The number of halogens is 4. The molecule has 0 radical (unpaired) electrons. The van der Waals surface area contributed by atoms with Crippen LogP contribution in [0.5, 0.6) is 0 Å². The van der Waals surface area contributed by atoms with Gasteiger partial charge in [-0.3, -0.25) is 15.1 Å². The lowest BCUT2D eigenvalue weighted by Gasteiger charge is -2.27. The van der Waals surface area contributed by atoms with Crippen LogP contribution in [-0.2, 0) is 20.4 Å². The molecule has 3 rings (SSSR count). The first-order chi connectivity index (χ1) is 15.4. The third-order valence-corrected chi connectivity index (χ3v) is 6.74. The molecule has 0 saturated heterocycles. The minimum absolute atomic E-state index is 0.0309. The second-order valence-corrected chi connectivity index (χ2v) is 10.2. The number of nitriles is 1. The fourth-order valence-electron chi connectivity index (χ4n) is 3.07. The largest absolute Gasteiger partial charge is 0.407 e. The lowest BCUT2D eigenvalue weighted by atomic mass is 10.1. The van der Waals surface area contributed by atoms with Crippen molar-refractivity contribution in [1.82, 2.24) is 20.6 Å². The van der Waals surface area contributed by atoms with E-state index in [0.29, 0.717) is 12.8 Å². The van der Waals surface area contributed by atoms with Crippen LogP contribution >= 0.6 is 11.6 Å². The molecule has 0 spiro atoms. The van der Waals surface area contributed by atoms with E-state index in [0.717, 1.165) is 18.3 Å². The second kappa shape index (κ2) is 9.62. The topological polar surface area (TPSA) is 125 Å². The van der Waals surface area contributed by atoms with E-state index < -0.39 is 51.0 Å². The SMILES string of the molecule is N#CC1(NC(=O)[C@H](CS(=O)(=O)Cc2ccccn2)N[C@@H](c2ccc(Cl)nc2)C(F)(F)F)CC1. The van der Waals surface area contributed by atoms with Crippen LogP contribution in [0.4, 0.5) is 13.2 Å². The van der Waals surface area contributed by atoms with Crippen LogP contribution in [0.15, 0.2) is 42.7 Å². The summed E-state index contributed by atoms with van der Waals surface area (Å²) in [5, 5.41) is 13.7. The molecule has 1 saturated carbocycles. The molecule has 2 aromatic rings. The number of nitrogens with one attached hydrogen (secondary N) is 2. The Balaban J connectivity index is 1.89. The number of sulfone groups is 1. The maximum Gasteiger partial charge on any atom is 0.407 e. The quantitative estimate of drug-likeness (QED) is 0.506. The van der Waals surface area contributed by atoms with Gasteiger partial charge in [0.25, 0.3) is 0 Å². The molecule has 1 amide bonds. The summed E-state index contributed by atoms with van der Waals surface area (Å²) in [4.78, 5) is 20.4. The van der Waals surface area contributed by atoms with E-state index >= 15 is 0 Å². The van der Waals surface area contributed by atoms with Crippen LogP contribution in [0, 0.1) is 11.3 Å². The molecule has 8 nitrogen and oxygen atoms in total. The predicted molar refractivity (Wildman–Crippen MR) is 112 cm³/mol. The van der Waals surface area contributed by atoms with Crippen molar-refractivity contribution in [2.24, 2.45) is 0 Å². The van der Waals surface area contributed by atoms with Crippen molar-refractivity contribution >= 4 is 27.3 Å². The van der Waals surface area contributed by atoms with Crippen LogP contribution in [0.25, 0.3) is 0 Å². The van der Waals surface area contributed by atoms with E-state index in [2.05, 4.69) is 20.6 Å². The minimum Gasteiger partial charge on any atom is -0.336 e. The summed E-state index contributed by atoms with van der Waals surface area (Å²) in [5.74, 6) is -2.53. The van der Waals surface area contributed by atoms with Gasteiger partial charge >= 0.3 is 6.18 Å². The standard InChI is InChI=1S/C20H19ClF3N5O3S/c21-16-5-4-13(9-27-16)17(20(22,23)24)28-15(18(30)29-19(12-25)6-7-19)11-33(31,32)10-14-3-1-2-8-26-14/h1-5,8-9,15,17,28H,6-7,10-11H2,(H,29,30)/t15-,17-/m0/s1. The number of rotatable bonds is 9. The number of aromatic nitrogens is 2. The smallest absolute Gasteiger partial charge is 0.336 e. The van der Waals surface area contributed by atoms with Crippen molar-refractivity contribution in [3.63, 3.8) is 0 Å². The third-order valence-electron chi connectivity index (χ3n) is 4.94. The highest BCUT2D eigenvalue weighted by molar-refractivity contribution is 7.90. The van der Waals surface area contributed by atoms with Crippen LogP contribution < -0.4 is 10.6 Å². The molecule has 0 aromatic carbocycles. The summed E-state index contributed by atoms with van der Waals surface area (Å²) in [5.41, 5.74) is -1.37. The van der Waals surface area contributed by atoms with Gasteiger partial charge in [0.15, 0.2) is 9.84 Å². The number of nitrogens with zero attached hydrogens (tertiary/aromatic N) is 3. The first-order valence-electron chi connectivity index (χ1n) is 9.71. The van der Waals surface area contributed by atoms with Gasteiger partial charge in [-0.2, -0.15) is 18.4 Å². The highest BCUT2D eigenvalue weighted by Crippen LogP contribution is 2.35. The fraction of sp³-hybridized carbons (Fsp3) is 0.400. The van der Waals surface area contributed by atoms with Crippen LogP contribution in [0.2, 0.25) is 5.15 Å². The van der Waals surface area contributed by atoms with E-state index in [4.69, 9.17) is 11.6 Å². The highest BCUT2D eigenvalue weighted by atomic mass is 35.5. The monoisotopic (exact) mass is 501 g/mol. The molecule has 13 heteroatoms. The van der Waals surface area contributed by atoms with Crippen molar-refractivity contribution in [1.29, 1.82) is 5.26 Å². The molecule has 0 unspecified atom stereocenters. The molecule has 2 heterocycles. The lowest BCUT2D eigenvalue weighted by Crippen LogP contribution is -2.54. The van der Waals surface area contributed by atoms with Gasteiger partial charge in [-0.15, -0.1) is 0 Å². The van der Waals surface area contributed by atoms with Gasteiger partial charge in [-0.1, -0.05) is 23.7 Å². The van der Waals surface area contributed by atoms with E-state index in [-0.39, 0.29) is 16.4 Å². The van der Waals surface area contributed by atoms with E-state index in [9.17, 15) is 31.6 Å². The number of hydrogen-bond acceptors (Lipinski definition) is 7. The molecule has 2 aromatic heterocycles. The summed E-state index contributed by atoms with van der Waals surface area (Å²) in [6.07, 6.45) is -1.96. The third kappa shape index (κ3) is 6.86. The molecule has 1 aliphatic rings. The second-order valence-electron chi connectivity index (χ2n) is 7.67. The Labute approximate surface area is 193 Å². The number of carbonyl (C=O) groups is 1. The summed E-state index contributed by atoms with van der Waals surface area (Å²) < 4.78 is 67.1. The zero-order valence-corrected chi connectivity index (χ0v) is 18.6. The van der Waals surface area contributed by atoms with Gasteiger partial charge in [0.05, 0.1) is 23.3 Å². The van der Waals surface area contributed by atoms with Gasteiger partial charge in [0.2, 0.25) is 5.91 Å². The zero-order valence-electron chi connectivity index (χ0n) is 17.0. The molecular formula is C20H19ClF3N5O3S. The summed E-state index contributed by atoms with van der Waals surface area (Å²) in [6, 6.07) is 4.53. The fourth-order valence-corrected chi connectivity index (χ4v) is 4.68. The summed E-state index contributed by atoms with van der Waals surface area (Å²) >= 11 is 5.65. The van der Waals surface area contributed by atoms with Gasteiger partial charge in [0, 0.05) is 12.4 Å². The van der Waals surface area contributed by atoms with Crippen molar-refractivity contribution in [3.8, 4) is 6.07 Å². The number of pyridine rings is 2. The van der Waals surface area contributed by atoms with E-state index in [1.165, 1.54) is 12.3 Å². The molecule has 0 aliphatic heterocycles. The van der Waals surface area contributed by atoms with Crippen LogP contribution in [0.1, 0.15) is 30.1 Å². The Bertz CT molecular complexity index is 1130. The molecule has 0 bridgehead atoms. The number of carbonyl (C=O) groups excluding carboxylic acids is 1. The van der Waals surface area contributed by atoms with Gasteiger partial charge in [0.1, 0.15) is 22.8 Å². The number of amides is 1. The van der Waals surface area contributed by atoms with Crippen LogP contribution in [-0.4, -0.2) is 47.8 Å². The molecule has 176 valence electrons. The average Bonchev–Trinajstić information content (AvgIpc) is 3.51. The van der Waals surface area contributed by atoms with Crippen molar-refractivity contribution < 1.29 is 26.4 Å². The minimum atomic E-state index is -4.88. The Morgan fingerprint density at radius 1 is 1.24 bits per heavy atom. The maximum absolute atomic E-state index is 13.9. The first-order valence-corrected chi connectivity index (χ1v) is 11.9. The average molecular weight is 502 g/mol. The Morgan fingerprint density at radius 2 is 1.97 bits per heavy atom. The van der Waals surface area contributed by atoms with E-state index in [1.54, 1.807) is 12.1 Å². The molecular weight excluding hydrogens is 483 g/mol. The lowest BCUT2D eigenvalue weighted by molar-refractivity contribution is -0.160. The highest BCUT2D eigenvalue weighted by Gasteiger charge is 2.48. The van der Waals surface area contributed by atoms with Crippen molar-refractivity contribution in [2.75, 3.05) is 5.75 Å². The number of alkyl halides is 3. The Kier molecular flexibility index (Phi) is 7.26. The van der Waals surface area contributed by atoms with Gasteiger partial charge in [-0.25, -0.2) is 13.4 Å². The molecule has 1 aliphatic carbocycles. The first kappa shape index (κ1) is 24.9. The molecule has 1 fully saturated rings. The summed E-state index contributed by atoms with van der Waals surface area (Å²) in [7, 11) is -4.07. The number of hydrogen-bond donors (Lipinski definition) is 2. The zero-order chi connectivity index (χ0) is 24.3. The Morgan fingerprint density at radius 3 is 2.48 bits per heavy atom. The maximum atomic E-state index is 13.9. The van der Waals surface area contributed by atoms with Crippen LogP contribution in [0.3, 0.4) is 0 Å². The van der Waals surface area contributed by atoms with Gasteiger partial charge < -0.3 is 5.32 Å². The van der Waals surface area contributed by atoms with Crippen molar-refractivity contribution in [2.45, 2.75) is 42.4 Å². The van der Waals surface area contributed by atoms with E-state index in [1.807, 2.05) is 6.07 Å². The predicted octanol–water partition coefficient (Wildman–Crippen LogP) is 2.48. The Hall–Kier alpha value is -2.75. The molecule has 2 atom stereocenters. The van der Waals surface area contributed by atoms with Crippen molar-refractivity contribution in [3.05, 3.63) is 59.1 Å². The molecule has 2 N–H and O–H groups in total. The normalized spacial score (nSPS) is 16.9. The van der Waals surface area contributed by atoms with Gasteiger partial charge in [-0.05, 0) is 36.6 Å². The molecule has 33 heavy (non-hydrogen) atoms.